The molecule has 1 heterocycles. The van der Waals surface area contributed by atoms with Crippen molar-refractivity contribution in [1.82, 2.24) is 5.32 Å². The molecule has 1 amide bonds. The Morgan fingerprint density at radius 2 is 1.97 bits per heavy atom. The minimum absolute atomic E-state index is 0.147. The van der Waals surface area contributed by atoms with Crippen molar-refractivity contribution >= 4 is 34.1 Å². The van der Waals surface area contributed by atoms with E-state index in [1.807, 2.05) is 43.3 Å². The van der Waals surface area contributed by atoms with Gasteiger partial charge in [-0.05, 0) is 42.7 Å². The number of halogens is 1. The molecule has 0 saturated carbocycles. The first-order valence-corrected chi connectivity index (χ1v) is 9.72. The molecule has 0 radical (unpaired) electrons. The normalized spacial score (nSPS) is 11.7. The molecule has 3 rings (SSSR count). The number of hydrogen-bond acceptors (Lipinski definition) is 4. The Morgan fingerprint density at radius 1 is 1.21 bits per heavy atom. The SMILES string of the molecule is COCCCNC(=O)/C=C(\C)c1cc2c(-c3ccc(Cl)cc3)coc2cc1OC. The fraction of sp³-hybridized carbons (Fsp3) is 0.261. The van der Waals surface area contributed by atoms with Crippen LogP contribution < -0.4 is 10.1 Å². The summed E-state index contributed by atoms with van der Waals surface area (Å²) in [6.45, 7) is 3.07. The number of carbonyl (C=O) groups excluding carboxylic acids is 1. The minimum Gasteiger partial charge on any atom is -0.496 e. The van der Waals surface area contributed by atoms with E-state index in [4.69, 9.17) is 25.5 Å². The quantitative estimate of drug-likeness (QED) is 0.401. The number of methoxy groups -OCH3 is 2. The largest absolute Gasteiger partial charge is 0.496 e. The van der Waals surface area contributed by atoms with Gasteiger partial charge in [-0.1, -0.05) is 23.7 Å². The maximum Gasteiger partial charge on any atom is 0.244 e. The summed E-state index contributed by atoms with van der Waals surface area (Å²) < 4.78 is 16.3. The van der Waals surface area contributed by atoms with Crippen molar-refractivity contribution in [2.75, 3.05) is 27.4 Å². The van der Waals surface area contributed by atoms with E-state index in [-0.39, 0.29) is 5.91 Å². The van der Waals surface area contributed by atoms with E-state index in [1.165, 1.54) is 0 Å². The second-order valence-corrected chi connectivity index (χ2v) is 7.11. The van der Waals surface area contributed by atoms with Gasteiger partial charge in [0.15, 0.2) is 0 Å². The Bertz CT molecular complexity index is 1020. The number of carbonyl (C=O) groups is 1. The van der Waals surface area contributed by atoms with Gasteiger partial charge < -0.3 is 19.2 Å². The number of nitrogens with one attached hydrogen (secondary N) is 1. The molecule has 0 aliphatic heterocycles. The fourth-order valence-corrected chi connectivity index (χ4v) is 3.26. The molecule has 29 heavy (non-hydrogen) atoms. The average molecular weight is 414 g/mol. The summed E-state index contributed by atoms with van der Waals surface area (Å²) in [4.78, 5) is 12.2. The molecule has 1 aromatic heterocycles. The lowest BCUT2D eigenvalue weighted by molar-refractivity contribution is -0.116. The molecular weight excluding hydrogens is 390 g/mol. The Labute approximate surface area is 175 Å². The van der Waals surface area contributed by atoms with Gasteiger partial charge in [0.25, 0.3) is 0 Å². The molecule has 0 spiro atoms. The molecule has 0 aliphatic rings. The van der Waals surface area contributed by atoms with Crippen molar-refractivity contribution in [2.45, 2.75) is 13.3 Å². The summed E-state index contributed by atoms with van der Waals surface area (Å²) in [5, 5.41) is 4.48. The fourth-order valence-electron chi connectivity index (χ4n) is 3.14. The molecule has 0 aliphatic carbocycles. The van der Waals surface area contributed by atoms with Crippen molar-refractivity contribution in [3.8, 4) is 16.9 Å². The zero-order valence-corrected chi connectivity index (χ0v) is 17.5. The molecule has 2 aromatic carbocycles. The van der Waals surface area contributed by atoms with Crippen molar-refractivity contribution in [3.63, 3.8) is 0 Å². The molecule has 5 nitrogen and oxygen atoms in total. The third kappa shape index (κ3) is 5.00. The number of fused-ring (bicyclic) bond motifs is 1. The Kier molecular flexibility index (Phi) is 6.96. The number of ether oxygens (including phenoxy) is 2. The van der Waals surface area contributed by atoms with Gasteiger partial charge in [-0.15, -0.1) is 0 Å². The number of rotatable bonds is 8. The van der Waals surface area contributed by atoms with Gasteiger partial charge in [-0.3, -0.25) is 4.79 Å². The lowest BCUT2D eigenvalue weighted by Gasteiger charge is -2.10. The monoisotopic (exact) mass is 413 g/mol. The van der Waals surface area contributed by atoms with Gasteiger partial charge in [0.05, 0.1) is 13.4 Å². The maximum absolute atomic E-state index is 12.2. The first-order valence-electron chi connectivity index (χ1n) is 9.34. The van der Waals surface area contributed by atoms with Crippen LogP contribution in [0.15, 0.2) is 53.2 Å². The Hall–Kier alpha value is -2.76. The second-order valence-electron chi connectivity index (χ2n) is 6.67. The molecule has 0 fully saturated rings. The van der Waals surface area contributed by atoms with E-state index in [2.05, 4.69) is 5.32 Å². The van der Waals surface area contributed by atoms with Gasteiger partial charge in [-0.2, -0.15) is 0 Å². The molecular formula is C23H24ClNO4. The topological polar surface area (TPSA) is 60.7 Å². The number of hydrogen-bond donors (Lipinski definition) is 1. The lowest BCUT2D eigenvalue weighted by Crippen LogP contribution is -2.23. The first-order chi connectivity index (χ1) is 14.0. The van der Waals surface area contributed by atoms with Crippen molar-refractivity contribution in [1.29, 1.82) is 0 Å². The van der Waals surface area contributed by atoms with E-state index < -0.39 is 0 Å². The molecule has 6 heteroatoms. The summed E-state index contributed by atoms with van der Waals surface area (Å²) in [5.41, 5.74) is 4.31. The van der Waals surface area contributed by atoms with Gasteiger partial charge in [-0.25, -0.2) is 0 Å². The van der Waals surface area contributed by atoms with E-state index in [0.717, 1.165) is 34.1 Å². The smallest absolute Gasteiger partial charge is 0.244 e. The zero-order valence-electron chi connectivity index (χ0n) is 16.8. The minimum atomic E-state index is -0.147. The predicted molar refractivity (Wildman–Crippen MR) is 116 cm³/mol. The molecule has 0 unspecified atom stereocenters. The molecule has 1 N–H and O–H groups in total. The first kappa shape index (κ1) is 21.0. The van der Waals surface area contributed by atoms with E-state index >= 15 is 0 Å². The Balaban J connectivity index is 1.94. The highest BCUT2D eigenvalue weighted by Gasteiger charge is 2.15. The van der Waals surface area contributed by atoms with Gasteiger partial charge in [0, 0.05) is 53.9 Å². The van der Waals surface area contributed by atoms with Crippen molar-refractivity contribution < 1.29 is 18.7 Å². The summed E-state index contributed by atoms with van der Waals surface area (Å²) >= 11 is 6.01. The number of allylic oxidation sites excluding steroid dienone is 1. The van der Waals surface area contributed by atoms with Crippen LogP contribution in [0, 0.1) is 0 Å². The Morgan fingerprint density at radius 3 is 2.66 bits per heavy atom. The molecule has 0 bridgehead atoms. The molecule has 0 saturated heterocycles. The van der Waals surface area contributed by atoms with E-state index in [9.17, 15) is 4.79 Å². The number of benzene rings is 2. The van der Waals surface area contributed by atoms with Crippen LogP contribution in [0.5, 0.6) is 5.75 Å². The maximum atomic E-state index is 12.2. The van der Waals surface area contributed by atoms with Crippen LogP contribution in [-0.4, -0.2) is 33.3 Å². The second kappa shape index (κ2) is 9.63. The highest BCUT2D eigenvalue weighted by atomic mass is 35.5. The number of furan rings is 1. The van der Waals surface area contributed by atoms with Crippen LogP contribution in [0.4, 0.5) is 0 Å². The van der Waals surface area contributed by atoms with Crippen LogP contribution in [0.2, 0.25) is 5.02 Å². The highest BCUT2D eigenvalue weighted by Crippen LogP contribution is 2.37. The van der Waals surface area contributed by atoms with Crippen LogP contribution in [0.3, 0.4) is 0 Å². The standard InChI is InChI=1S/C23H24ClNO4/c1-15(11-23(26)25-9-4-10-27-2)18-12-19-20(16-5-7-17(24)8-6-16)14-29-22(19)13-21(18)28-3/h5-8,11-14H,4,9-10H2,1-3H3,(H,25,26)/b15-11+. The van der Waals surface area contributed by atoms with Crippen LogP contribution in [-0.2, 0) is 9.53 Å². The highest BCUT2D eigenvalue weighted by molar-refractivity contribution is 6.30. The van der Waals surface area contributed by atoms with Crippen LogP contribution >= 0.6 is 11.6 Å². The van der Waals surface area contributed by atoms with Crippen molar-refractivity contribution in [2.24, 2.45) is 0 Å². The summed E-state index contributed by atoms with van der Waals surface area (Å²) in [5.74, 6) is 0.501. The zero-order chi connectivity index (χ0) is 20.8. The number of amides is 1. The van der Waals surface area contributed by atoms with Gasteiger partial charge in [0.2, 0.25) is 5.91 Å². The van der Waals surface area contributed by atoms with Crippen LogP contribution in [0.25, 0.3) is 27.7 Å². The third-order valence-electron chi connectivity index (χ3n) is 4.65. The van der Waals surface area contributed by atoms with Crippen LogP contribution in [0.1, 0.15) is 18.9 Å². The third-order valence-corrected chi connectivity index (χ3v) is 4.90. The lowest BCUT2D eigenvalue weighted by atomic mass is 9.99. The molecule has 0 atom stereocenters. The van der Waals surface area contributed by atoms with Gasteiger partial charge >= 0.3 is 0 Å². The summed E-state index contributed by atoms with van der Waals surface area (Å²) in [6.07, 6.45) is 4.07. The summed E-state index contributed by atoms with van der Waals surface area (Å²) in [7, 11) is 3.24. The van der Waals surface area contributed by atoms with Gasteiger partial charge in [0.1, 0.15) is 11.3 Å². The summed E-state index contributed by atoms with van der Waals surface area (Å²) in [6, 6.07) is 11.4. The van der Waals surface area contributed by atoms with E-state index in [0.29, 0.717) is 29.5 Å². The predicted octanol–water partition coefficient (Wildman–Crippen LogP) is 5.32. The molecule has 152 valence electrons. The van der Waals surface area contributed by atoms with Crippen molar-refractivity contribution in [3.05, 3.63) is 59.3 Å². The molecule has 3 aromatic rings. The average Bonchev–Trinajstić information content (AvgIpc) is 3.13. The van der Waals surface area contributed by atoms with E-state index in [1.54, 1.807) is 26.6 Å².